The normalized spacial score (nSPS) is 26.9. The van der Waals surface area contributed by atoms with Crippen LogP contribution in [0.5, 0.6) is 0 Å². The van der Waals surface area contributed by atoms with E-state index in [-0.39, 0.29) is 0 Å². The van der Waals surface area contributed by atoms with Gasteiger partial charge in [0, 0.05) is 11.1 Å². The summed E-state index contributed by atoms with van der Waals surface area (Å²) in [5.41, 5.74) is 9.27. The van der Waals surface area contributed by atoms with E-state index in [2.05, 4.69) is 46.8 Å². The first-order chi connectivity index (χ1) is 7.66. The highest BCUT2D eigenvalue weighted by Gasteiger charge is 2.62. The van der Waals surface area contributed by atoms with Crippen LogP contribution in [0.4, 0.5) is 5.69 Å². The SMILES string of the molecule is CC(C)(C)CC1(c2ccc(N)cc2)CC1(C)C. The molecule has 0 radical (unpaired) electrons. The van der Waals surface area contributed by atoms with Gasteiger partial charge >= 0.3 is 0 Å². The van der Waals surface area contributed by atoms with E-state index in [9.17, 15) is 0 Å². The first-order valence-corrected chi connectivity index (χ1v) is 6.52. The lowest BCUT2D eigenvalue weighted by Crippen LogP contribution is -2.22. The molecule has 0 amide bonds. The number of rotatable bonds is 2. The zero-order valence-corrected chi connectivity index (χ0v) is 11.8. The van der Waals surface area contributed by atoms with Crippen LogP contribution in [-0.4, -0.2) is 0 Å². The van der Waals surface area contributed by atoms with Gasteiger partial charge in [-0.05, 0) is 41.4 Å². The first kappa shape index (κ1) is 12.5. The summed E-state index contributed by atoms with van der Waals surface area (Å²) in [6, 6.07) is 8.51. The van der Waals surface area contributed by atoms with Crippen molar-refractivity contribution >= 4 is 5.69 Å². The van der Waals surface area contributed by atoms with Crippen LogP contribution in [0.2, 0.25) is 0 Å². The van der Waals surface area contributed by atoms with Gasteiger partial charge in [0.15, 0.2) is 0 Å². The van der Waals surface area contributed by atoms with Crippen molar-refractivity contribution in [3.8, 4) is 0 Å². The fourth-order valence-electron chi connectivity index (χ4n) is 3.31. The second kappa shape index (κ2) is 3.51. The molecule has 1 aromatic rings. The standard InChI is InChI=1S/C16H25N/c1-14(2,3)10-16(11-15(16,4)5)12-6-8-13(17)9-7-12/h6-9H,10-11,17H2,1-5H3. The Kier molecular flexibility index (Phi) is 2.57. The van der Waals surface area contributed by atoms with Gasteiger partial charge in [0.2, 0.25) is 0 Å². The average Bonchev–Trinajstić information content (AvgIpc) is 2.66. The van der Waals surface area contributed by atoms with E-state index in [1.807, 2.05) is 12.1 Å². The molecule has 1 heteroatoms. The molecule has 0 aromatic heterocycles. The zero-order valence-electron chi connectivity index (χ0n) is 11.8. The van der Waals surface area contributed by atoms with Crippen molar-refractivity contribution in [3.63, 3.8) is 0 Å². The van der Waals surface area contributed by atoms with E-state index in [0.717, 1.165) is 5.69 Å². The van der Waals surface area contributed by atoms with E-state index in [1.165, 1.54) is 18.4 Å². The van der Waals surface area contributed by atoms with Crippen LogP contribution in [0, 0.1) is 10.8 Å². The molecule has 1 aliphatic rings. The van der Waals surface area contributed by atoms with Crippen molar-refractivity contribution in [1.29, 1.82) is 0 Å². The summed E-state index contributed by atoms with van der Waals surface area (Å²) in [4.78, 5) is 0. The van der Waals surface area contributed by atoms with Gasteiger partial charge in [0.1, 0.15) is 0 Å². The third-order valence-electron chi connectivity index (χ3n) is 4.21. The predicted octanol–water partition coefficient (Wildman–Crippen LogP) is 4.37. The van der Waals surface area contributed by atoms with Gasteiger partial charge in [-0.2, -0.15) is 0 Å². The monoisotopic (exact) mass is 231 g/mol. The summed E-state index contributed by atoms with van der Waals surface area (Å²) < 4.78 is 0. The van der Waals surface area contributed by atoms with Gasteiger partial charge < -0.3 is 5.73 Å². The van der Waals surface area contributed by atoms with E-state index < -0.39 is 0 Å². The second-order valence-electron chi connectivity index (χ2n) is 7.50. The molecule has 0 aliphatic heterocycles. The Hall–Kier alpha value is -0.980. The van der Waals surface area contributed by atoms with E-state index in [0.29, 0.717) is 16.2 Å². The lowest BCUT2D eigenvalue weighted by atomic mass is 9.75. The summed E-state index contributed by atoms with van der Waals surface area (Å²) in [6.45, 7) is 11.8. The van der Waals surface area contributed by atoms with Crippen LogP contribution in [0.3, 0.4) is 0 Å². The van der Waals surface area contributed by atoms with Gasteiger partial charge in [-0.3, -0.25) is 0 Å². The summed E-state index contributed by atoms with van der Waals surface area (Å²) in [5, 5.41) is 0. The van der Waals surface area contributed by atoms with Crippen molar-refractivity contribution in [1.82, 2.24) is 0 Å². The summed E-state index contributed by atoms with van der Waals surface area (Å²) in [6.07, 6.45) is 2.54. The second-order valence-corrected chi connectivity index (χ2v) is 7.50. The van der Waals surface area contributed by atoms with Gasteiger partial charge in [0.25, 0.3) is 0 Å². The molecule has 1 aromatic carbocycles. The number of anilines is 1. The third-order valence-corrected chi connectivity index (χ3v) is 4.21. The Bertz CT molecular complexity index is 408. The molecule has 0 saturated heterocycles. The minimum Gasteiger partial charge on any atom is -0.399 e. The van der Waals surface area contributed by atoms with Crippen LogP contribution in [-0.2, 0) is 5.41 Å². The van der Waals surface area contributed by atoms with Crippen molar-refractivity contribution in [2.24, 2.45) is 10.8 Å². The Morgan fingerprint density at radius 1 is 1.12 bits per heavy atom. The highest BCUT2D eigenvalue weighted by molar-refractivity contribution is 5.45. The fraction of sp³-hybridized carbons (Fsp3) is 0.625. The Balaban J connectivity index is 2.34. The number of hydrogen-bond acceptors (Lipinski definition) is 1. The maximum atomic E-state index is 5.79. The quantitative estimate of drug-likeness (QED) is 0.751. The number of hydrogen-bond donors (Lipinski definition) is 1. The topological polar surface area (TPSA) is 26.0 Å². The van der Waals surface area contributed by atoms with Gasteiger partial charge in [-0.15, -0.1) is 0 Å². The Morgan fingerprint density at radius 2 is 1.59 bits per heavy atom. The lowest BCUT2D eigenvalue weighted by molar-refractivity contribution is 0.296. The fourth-order valence-corrected chi connectivity index (χ4v) is 3.31. The van der Waals surface area contributed by atoms with Crippen molar-refractivity contribution in [2.75, 3.05) is 5.73 Å². The molecule has 94 valence electrons. The van der Waals surface area contributed by atoms with Crippen LogP contribution < -0.4 is 5.73 Å². The molecule has 17 heavy (non-hydrogen) atoms. The molecule has 0 heterocycles. The molecular weight excluding hydrogens is 206 g/mol. The smallest absolute Gasteiger partial charge is 0.0314 e. The van der Waals surface area contributed by atoms with Crippen LogP contribution in [0.15, 0.2) is 24.3 Å². The van der Waals surface area contributed by atoms with Crippen LogP contribution in [0.25, 0.3) is 0 Å². The molecule has 1 saturated carbocycles. The van der Waals surface area contributed by atoms with Crippen molar-refractivity contribution < 1.29 is 0 Å². The summed E-state index contributed by atoms with van der Waals surface area (Å²) >= 11 is 0. The molecule has 1 nitrogen and oxygen atoms in total. The molecule has 1 aliphatic carbocycles. The van der Waals surface area contributed by atoms with Gasteiger partial charge in [-0.25, -0.2) is 0 Å². The van der Waals surface area contributed by atoms with E-state index in [1.54, 1.807) is 0 Å². The largest absolute Gasteiger partial charge is 0.399 e. The minimum atomic E-state index is 0.360. The lowest BCUT2D eigenvalue weighted by Gasteiger charge is -2.29. The third kappa shape index (κ3) is 2.20. The molecule has 2 N–H and O–H groups in total. The molecular formula is C16H25N. The highest BCUT2D eigenvalue weighted by atomic mass is 14.7. The predicted molar refractivity (Wildman–Crippen MR) is 75.0 cm³/mol. The molecule has 0 bridgehead atoms. The number of nitrogen functional groups attached to an aromatic ring is 1. The maximum Gasteiger partial charge on any atom is 0.0314 e. The minimum absolute atomic E-state index is 0.360. The summed E-state index contributed by atoms with van der Waals surface area (Å²) in [5.74, 6) is 0. The van der Waals surface area contributed by atoms with Crippen molar-refractivity contribution in [2.45, 2.75) is 52.9 Å². The van der Waals surface area contributed by atoms with Crippen LogP contribution >= 0.6 is 0 Å². The zero-order chi connectivity index (χ0) is 12.9. The van der Waals surface area contributed by atoms with Gasteiger partial charge in [-0.1, -0.05) is 46.8 Å². The number of benzene rings is 1. The van der Waals surface area contributed by atoms with E-state index >= 15 is 0 Å². The number of nitrogens with two attached hydrogens (primary N) is 1. The Labute approximate surface area is 105 Å². The maximum absolute atomic E-state index is 5.79. The van der Waals surface area contributed by atoms with Gasteiger partial charge in [0.05, 0.1) is 0 Å². The first-order valence-electron chi connectivity index (χ1n) is 6.52. The van der Waals surface area contributed by atoms with E-state index in [4.69, 9.17) is 5.73 Å². The Morgan fingerprint density at radius 3 is 1.94 bits per heavy atom. The molecule has 2 rings (SSSR count). The molecule has 1 fully saturated rings. The average molecular weight is 231 g/mol. The molecule has 1 atom stereocenters. The van der Waals surface area contributed by atoms with Crippen LogP contribution in [0.1, 0.15) is 53.0 Å². The summed E-state index contributed by atoms with van der Waals surface area (Å²) in [7, 11) is 0. The molecule has 0 spiro atoms. The van der Waals surface area contributed by atoms with Crippen molar-refractivity contribution in [3.05, 3.63) is 29.8 Å². The molecule has 1 unspecified atom stereocenters. The highest BCUT2D eigenvalue weighted by Crippen LogP contribution is 2.68.